The Kier molecular flexibility index (Phi) is 6.99. The van der Waals surface area contributed by atoms with Gasteiger partial charge < -0.3 is 15.0 Å². The molecule has 2 aromatic carbocycles. The van der Waals surface area contributed by atoms with Crippen molar-refractivity contribution in [2.75, 3.05) is 25.5 Å². The van der Waals surface area contributed by atoms with E-state index in [2.05, 4.69) is 19.2 Å². The lowest BCUT2D eigenvalue weighted by molar-refractivity contribution is -0.112. The number of anilines is 1. The van der Waals surface area contributed by atoms with Crippen LogP contribution >= 0.6 is 11.8 Å². The number of nitrogens with zero attached hydrogens (tertiary/aromatic N) is 1. The minimum absolute atomic E-state index is 0.00784. The number of thioether (sulfide) groups is 1. The van der Waals surface area contributed by atoms with Crippen molar-refractivity contribution >= 4 is 35.3 Å². The Morgan fingerprint density at radius 1 is 1.14 bits per heavy atom. The van der Waals surface area contributed by atoms with Gasteiger partial charge in [-0.05, 0) is 54.8 Å². The van der Waals surface area contributed by atoms with Crippen LogP contribution in [0.2, 0.25) is 0 Å². The molecule has 152 valence electrons. The van der Waals surface area contributed by atoms with Gasteiger partial charge in [-0.2, -0.15) is 0 Å². The molecule has 6 heteroatoms. The second kappa shape index (κ2) is 9.65. The van der Waals surface area contributed by atoms with Crippen molar-refractivity contribution in [3.63, 3.8) is 0 Å². The van der Waals surface area contributed by atoms with Crippen molar-refractivity contribution in [2.45, 2.75) is 31.6 Å². The Bertz CT molecular complexity index is 933. The topological polar surface area (TPSA) is 58.6 Å². The van der Waals surface area contributed by atoms with Gasteiger partial charge in [0.05, 0.1) is 17.7 Å². The van der Waals surface area contributed by atoms with E-state index in [9.17, 15) is 9.59 Å². The second-order valence-electron chi connectivity index (χ2n) is 6.84. The minimum Gasteiger partial charge on any atom is -0.497 e. The average molecular weight is 411 g/mol. The Balaban J connectivity index is 1.83. The van der Waals surface area contributed by atoms with E-state index in [-0.39, 0.29) is 11.8 Å². The number of methoxy groups -OCH3 is 1. The van der Waals surface area contributed by atoms with Gasteiger partial charge in [-0.15, -0.1) is 0 Å². The maximum absolute atomic E-state index is 12.8. The summed E-state index contributed by atoms with van der Waals surface area (Å²) in [4.78, 5) is 28.8. The summed E-state index contributed by atoms with van der Waals surface area (Å²) in [7, 11) is 1.62. The summed E-state index contributed by atoms with van der Waals surface area (Å²) in [5.41, 5.74) is 2.18. The van der Waals surface area contributed by atoms with E-state index in [1.54, 1.807) is 13.2 Å². The van der Waals surface area contributed by atoms with Crippen molar-refractivity contribution < 1.29 is 14.3 Å². The van der Waals surface area contributed by atoms with Gasteiger partial charge in [-0.25, -0.2) is 0 Å². The number of nitrogens with one attached hydrogen (secondary N) is 1. The Labute approximate surface area is 176 Å². The van der Waals surface area contributed by atoms with Crippen LogP contribution in [0.1, 0.15) is 42.6 Å². The average Bonchev–Trinajstić information content (AvgIpc) is 2.73. The normalized spacial score (nSPS) is 14.3. The standard InChI is InChI=1S/C23H26N2O3S/c1-4-11-25(12-5-2)23(27)17-9-10-20-19(15-17)24-22(26)21(29-20)14-16-7-6-8-18(13-16)28-3/h6-10,13-15H,4-5,11-12H2,1-3H3,(H,24,26). The fourth-order valence-electron chi connectivity index (χ4n) is 3.21. The predicted octanol–water partition coefficient (Wildman–Crippen LogP) is 5.04. The maximum atomic E-state index is 12.8. The van der Waals surface area contributed by atoms with Crippen LogP contribution < -0.4 is 10.1 Å². The number of benzene rings is 2. The molecule has 0 saturated carbocycles. The van der Waals surface area contributed by atoms with Crippen molar-refractivity contribution in [3.8, 4) is 5.75 Å². The molecule has 0 atom stereocenters. The molecule has 0 radical (unpaired) electrons. The fourth-order valence-corrected chi connectivity index (χ4v) is 4.15. The zero-order chi connectivity index (χ0) is 20.8. The van der Waals surface area contributed by atoms with E-state index in [4.69, 9.17) is 4.74 Å². The van der Waals surface area contributed by atoms with Gasteiger partial charge in [0.1, 0.15) is 5.75 Å². The molecule has 1 heterocycles. The summed E-state index contributed by atoms with van der Waals surface area (Å²) in [6.45, 7) is 5.60. The molecule has 1 aliphatic rings. The number of carbonyl (C=O) groups excluding carboxylic acids is 2. The van der Waals surface area contributed by atoms with Crippen LogP contribution in [0.15, 0.2) is 52.3 Å². The fraction of sp³-hybridized carbons (Fsp3) is 0.304. The Hall–Kier alpha value is -2.73. The van der Waals surface area contributed by atoms with E-state index in [1.165, 1.54) is 11.8 Å². The number of rotatable bonds is 7. The number of hydrogen-bond donors (Lipinski definition) is 1. The number of carbonyl (C=O) groups is 2. The predicted molar refractivity (Wildman–Crippen MR) is 118 cm³/mol. The third-order valence-electron chi connectivity index (χ3n) is 4.58. The molecule has 0 saturated heterocycles. The molecule has 0 unspecified atom stereocenters. The molecule has 1 aliphatic heterocycles. The number of hydrogen-bond acceptors (Lipinski definition) is 4. The molecule has 0 bridgehead atoms. The first-order valence-electron chi connectivity index (χ1n) is 9.84. The van der Waals surface area contributed by atoms with E-state index in [0.717, 1.165) is 42.1 Å². The number of amides is 2. The first kappa shape index (κ1) is 21.0. The molecule has 0 aliphatic carbocycles. The highest BCUT2D eigenvalue weighted by Gasteiger charge is 2.23. The lowest BCUT2D eigenvalue weighted by Crippen LogP contribution is -2.32. The molecular weight excluding hydrogens is 384 g/mol. The first-order valence-corrected chi connectivity index (χ1v) is 10.7. The van der Waals surface area contributed by atoms with Gasteiger partial charge in [0.25, 0.3) is 11.8 Å². The highest BCUT2D eigenvalue weighted by molar-refractivity contribution is 8.04. The summed E-state index contributed by atoms with van der Waals surface area (Å²) in [5.74, 6) is 0.579. The first-order chi connectivity index (χ1) is 14.0. The van der Waals surface area contributed by atoms with E-state index in [1.807, 2.05) is 47.4 Å². The Morgan fingerprint density at radius 2 is 1.90 bits per heavy atom. The number of ether oxygens (including phenoxy) is 1. The van der Waals surface area contributed by atoms with Gasteiger partial charge in [-0.3, -0.25) is 9.59 Å². The molecule has 29 heavy (non-hydrogen) atoms. The minimum atomic E-state index is -0.172. The van der Waals surface area contributed by atoms with Gasteiger partial charge >= 0.3 is 0 Å². The second-order valence-corrected chi connectivity index (χ2v) is 7.93. The quantitative estimate of drug-likeness (QED) is 0.650. The molecule has 1 N–H and O–H groups in total. The lowest BCUT2D eigenvalue weighted by Gasteiger charge is -2.23. The SMILES string of the molecule is CCCN(CCC)C(=O)c1ccc2c(c1)NC(=O)C(=Cc1cccc(OC)c1)S2. The zero-order valence-corrected chi connectivity index (χ0v) is 17.8. The van der Waals surface area contributed by atoms with Crippen molar-refractivity contribution in [3.05, 3.63) is 58.5 Å². The summed E-state index contributed by atoms with van der Waals surface area (Å²) in [6.07, 6.45) is 3.68. The maximum Gasteiger partial charge on any atom is 0.262 e. The van der Waals surface area contributed by atoms with Crippen LogP contribution in [0.4, 0.5) is 5.69 Å². The third-order valence-corrected chi connectivity index (χ3v) is 5.68. The molecule has 0 fully saturated rings. The highest BCUT2D eigenvalue weighted by Crippen LogP contribution is 2.39. The van der Waals surface area contributed by atoms with Gasteiger partial charge in [-0.1, -0.05) is 37.7 Å². The van der Waals surface area contributed by atoms with Gasteiger partial charge in [0, 0.05) is 23.5 Å². The largest absolute Gasteiger partial charge is 0.497 e. The molecule has 5 nitrogen and oxygen atoms in total. The summed E-state index contributed by atoms with van der Waals surface area (Å²) >= 11 is 1.41. The zero-order valence-electron chi connectivity index (χ0n) is 17.0. The van der Waals surface area contributed by atoms with Crippen molar-refractivity contribution in [1.29, 1.82) is 0 Å². The summed E-state index contributed by atoms with van der Waals surface area (Å²) < 4.78 is 5.24. The van der Waals surface area contributed by atoms with Crippen LogP contribution in [-0.2, 0) is 4.79 Å². The monoisotopic (exact) mass is 410 g/mol. The molecule has 3 rings (SSSR count). The molecular formula is C23H26N2O3S. The van der Waals surface area contributed by atoms with E-state index < -0.39 is 0 Å². The highest BCUT2D eigenvalue weighted by atomic mass is 32.2. The molecule has 2 amide bonds. The summed E-state index contributed by atoms with van der Waals surface area (Å²) in [6, 6.07) is 13.1. The van der Waals surface area contributed by atoms with Crippen molar-refractivity contribution in [2.24, 2.45) is 0 Å². The summed E-state index contributed by atoms with van der Waals surface area (Å²) in [5, 5.41) is 2.93. The van der Waals surface area contributed by atoms with Gasteiger partial charge in [0.15, 0.2) is 0 Å². The molecule has 0 aromatic heterocycles. The van der Waals surface area contributed by atoms with Crippen LogP contribution in [0, 0.1) is 0 Å². The van der Waals surface area contributed by atoms with Crippen LogP contribution in [0.25, 0.3) is 6.08 Å². The van der Waals surface area contributed by atoms with Crippen LogP contribution in [0.3, 0.4) is 0 Å². The van der Waals surface area contributed by atoms with Crippen LogP contribution in [-0.4, -0.2) is 36.9 Å². The van der Waals surface area contributed by atoms with E-state index >= 15 is 0 Å². The number of fused-ring (bicyclic) bond motifs is 1. The molecule has 0 spiro atoms. The lowest BCUT2D eigenvalue weighted by atomic mass is 10.1. The van der Waals surface area contributed by atoms with Crippen molar-refractivity contribution in [1.82, 2.24) is 4.90 Å². The smallest absolute Gasteiger partial charge is 0.262 e. The van der Waals surface area contributed by atoms with Crippen LogP contribution in [0.5, 0.6) is 5.75 Å². The van der Waals surface area contributed by atoms with E-state index in [0.29, 0.717) is 16.2 Å². The third kappa shape index (κ3) is 5.01. The van der Waals surface area contributed by atoms with Gasteiger partial charge in [0.2, 0.25) is 0 Å². The molecule has 2 aromatic rings. The Morgan fingerprint density at radius 3 is 2.59 bits per heavy atom.